The van der Waals surface area contributed by atoms with Crippen LogP contribution in [-0.2, 0) is 10.0 Å². The van der Waals surface area contributed by atoms with Gasteiger partial charge in [0.05, 0.1) is 24.7 Å². The molecule has 0 saturated carbocycles. The molecule has 0 saturated heterocycles. The molecule has 2 aromatic heterocycles. The van der Waals surface area contributed by atoms with Crippen LogP contribution >= 0.6 is 22.9 Å². The Morgan fingerprint density at radius 1 is 1.20 bits per heavy atom. The van der Waals surface area contributed by atoms with Crippen molar-refractivity contribution in [2.45, 2.75) is 4.21 Å². The van der Waals surface area contributed by atoms with E-state index in [1.165, 1.54) is 6.20 Å². The number of nitrogens with one attached hydrogen (secondary N) is 2. The van der Waals surface area contributed by atoms with Gasteiger partial charge < -0.3 is 10.1 Å². The second-order valence-corrected chi connectivity index (χ2v) is 8.23. The molecule has 0 aliphatic carbocycles. The van der Waals surface area contributed by atoms with Crippen LogP contribution in [0.5, 0.6) is 5.75 Å². The van der Waals surface area contributed by atoms with E-state index >= 15 is 0 Å². The third-order valence-electron chi connectivity index (χ3n) is 3.20. The molecule has 3 aromatic rings. The first kappa shape index (κ1) is 17.5. The van der Waals surface area contributed by atoms with Crippen LogP contribution in [0.4, 0.5) is 17.2 Å². The summed E-state index contributed by atoms with van der Waals surface area (Å²) in [4.78, 5) is 4.21. The summed E-state index contributed by atoms with van der Waals surface area (Å²) in [6.07, 6.45) is 1.44. The van der Waals surface area contributed by atoms with Gasteiger partial charge >= 0.3 is 0 Å². The van der Waals surface area contributed by atoms with Crippen molar-refractivity contribution >= 4 is 50.2 Å². The molecule has 0 radical (unpaired) electrons. The van der Waals surface area contributed by atoms with Gasteiger partial charge in [0.15, 0.2) is 0 Å². The lowest BCUT2D eigenvalue weighted by molar-refractivity contribution is 0.417. The van der Waals surface area contributed by atoms with Crippen LogP contribution in [0.2, 0.25) is 5.02 Å². The van der Waals surface area contributed by atoms with E-state index < -0.39 is 10.0 Å². The number of hydrogen-bond acceptors (Lipinski definition) is 6. The van der Waals surface area contributed by atoms with E-state index in [0.717, 1.165) is 11.3 Å². The molecule has 25 heavy (non-hydrogen) atoms. The molecule has 2 N–H and O–H groups in total. The maximum absolute atomic E-state index is 12.2. The van der Waals surface area contributed by atoms with Gasteiger partial charge in [-0.15, -0.1) is 11.3 Å². The minimum Gasteiger partial charge on any atom is -0.495 e. The summed E-state index contributed by atoms with van der Waals surface area (Å²) in [5, 5.41) is 5.35. The minimum absolute atomic E-state index is 0.248. The number of sulfonamides is 1. The normalized spacial score (nSPS) is 11.1. The van der Waals surface area contributed by atoms with Crippen molar-refractivity contribution < 1.29 is 13.2 Å². The Hall–Kier alpha value is -2.29. The smallest absolute Gasteiger partial charge is 0.271 e. The minimum atomic E-state index is -3.59. The highest BCUT2D eigenvalue weighted by atomic mass is 35.5. The van der Waals surface area contributed by atoms with Gasteiger partial charge in [0.2, 0.25) is 0 Å². The zero-order valence-electron chi connectivity index (χ0n) is 13.1. The van der Waals surface area contributed by atoms with Crippen LogP contribution < -0.4 is 14.8 Å². The van der Waals surface area contributed by atoms with Gasteiger partial charge in [0, 0.05) is 5.02 Å². The largest absolute Gasteiger partial charge is 0.495 e. The predicted molar refractivity (Wildman–Crippen MR) is 101 cm³/mol. The Balaban J connectivity index is 1.76. The second kappa shape index (κ2) is 7.30. The molecular weight excluding hydrogens is 382 g/mol. The van der Waals surface area contributed by atoms with Crippen LogP contribution in [-0.4, -0.2) is 20.5 Å². The van der Waals surface area contributed by atoms with Gasteiger partial charge in [-0.25, -0.2) is 13.4 Å². The highest BCUT2D eigenvalue weighted by Gasteiger charge is 2.15. The van der Waals surface area contributed by atoms with Crippen molar-refractivity contribution in [3.63, 3.8) is 0 Å². The first-order valence-corrected chi connectivity index (χ1v) is 9.85. The maximum Gasteiger partial charge on any atom is 0.271 e. The number of methoxy groups -OCH3 is 1. The van der Waals surface area contributed by atoms with E-state index in [-0.39, 0.29) is 4.21 Å². The van der Waals surface area contributed by atoms with Crippen LogP contribution in [0.1, 0.15) is 0 Å². The monoisotopic (exact) mass is 395 g/mol. The molecule has 0 fully saturated rings. The van der Waals surface area contributed by atoms with E-state index in [9.17, 15) is 8.42 Å². The van der Waals surface area contributed by atoms with E-state index in [1.54, 1.807) is 55.0 Å². The molecule has 0 spiro atoms. The Labute approximate surface area is 154 Å². The molecule has 9 heteroatoms. The number of hydrogen-bond donors (Lipinski definition) is 2. The summed E-state index contributed by atoms with van der Waals surface area (Å²) in [5.74, 6) is 1.15. The lowest BCUT2D eigenvalue weighted by atomic mass is 10.3. The summed E-state index contributed by atoms with van der Waals surface area (Å²) < 4.78 is 32.4. The molecule has 0 atom stereocenters. The fourth-order valence-electron chi connectivity index (χ4n) is 2.07. The third kappa shape index (κ3) is 4.22. The number of thiophene rings is 1. The average molecular weight is 396 g/mol. The Bertz CT molecular complexity index is 959. The number of benzene rings is 1. The Morgan fingerprint density at radius 2 is 2.04 bits per heavy atom. The van der Waals surface area contributed by atoms with Crippen LogP contribution in [0.25, 0.3) is 0 Å². The summed E-state index contributed by atoms with van der Waals surface area (Å²) in [6, 6.07) is 11.7. The summed E-state index contributed by atoms with van der Waals surface area (Å²) >= 11 is 7.14. The van der Waals surface area contributed by atoms with E-state index in [1.807, 2.05) is 0 Å². The van der Waals surface area contributed by atoms with Crippen molar-refractivity contribution in [1.29, 1.82) is 0 Å². The summed E-state index contributed by atoms with van der Waals surface area (Å²) in [5.41, 5.74) is 1.03. The fourth-order valence-corrected chi connectivity index (χ4v) is 4.27. The van der Waals surface area contributed by atoms with E-state index in [0.29, 0.717) is 28.0 Å². The maximum atomic E-state index is 12.2. The number of ether oxygens (including phenoxy) is 1. The molecular formula is C16H14ClN3O3S2. The molecule has 0 bridgehead atoms. The molecule has 130 valence electrons. The third-order valence-corrected chi connectivity index (χ3v) is 6.21. The van der Waals surface area contributed by atoms with Crippen LogP contribution in [0.3, 0.4) is 0 Å². The van der Waals surface area contributed by atoms with Crippen molar-refractivity contribution in [3.8, 4) is 5.75 Å². The first-order chi connectivity index (χ1) is 12.0. The van der Waals surface area contributed by atoms with E-state index in [4.69, 9.17) is 16.3 Å². The van der Waals surface area contributed by atoms with Gasteiger partial charge in [-0.2, -0.15) is 0 Å². The average Bonchev–Trinajstić information content (AvgIpc) is 3.12. The number of halogens is 1. The highest BCUT2D eigenvalue weighted by Crippen LogP contribution is 2.30. The topological polar surface area (TPSA) is 80.3 Å². The lowest BCUT2D eigenvalue weighted by Gasteiger charge is -2.11. The lowest BCUT2D eigenvalue weighted by Crippen LogP contribution is -2.11. The van der Waals surface area contributed by atoms with Gasteiger partial charge in [-0.05, 0) is 41.8 Å². The molecule has 0 aliphatic rings. The summed E-state index contributed by atoms with van der Waals surface area (Å²) in [6.45, 7) is 0. The zero-order chi connectivity index (χ0) is 17.9. The van der Waals surface area contributed by atoms with E-state index in [2.05, 4.69) is 15.0 Å². The van der Waals surface area contributed by atoms with Crippen molar-refractivity contribution in [2.24, 2.45) is 0 Å². The molecule has 6 nitrogen and oxygen atoms in total. The molecule has 1 aromatic carbocycles. The first-order valence-electron chi connectivity index (χ1n) is 7.11. The Kier molecular flexibility index (Phi) is 5.12. The zero-order valence-corrected chi connectivity index (χ0v) is 15.5. The number of aromatic nitrogens is 1. The SMILES string of the molecule is COc1ccc(Cl)cc1Nc1ccc(NS(=O)(=O)c2cccs2)cn1. The molecule has 3 rings (SSSR count). The van der Waals surface area contributed by atoms with Crippen LogP contribution in [0, 0.1) is 0 Å². The van der Waals surface area contributed by atoms with Gasteiger partial charge in [-0.1, -0.05) is 17.7 Å². The number of rotatable bonds is 6. The van der Waals surface area contributed by atoms with Gasteiger partial charge in [0.25, 0.3) is 10.0 Å². The number of anilines is 3. The number of nitrogens with zero attached hydrogens (tertiary/aromatic N) is 1. The second-order valence-electron chi connectivity index (χ2n) is 4.94. The molecule has 0 aliphatic heterocycles. The van der Waals surface area contributed by atoms with Crippen LogP contribution in [0.15, 0.2) is 58.3 Å². The van der Waals surface area contributed by atoms with Crippen molar-refractivity contribution in [1.82, 2.24) is 4.98 Å². The quantitative estimate of drug-likeness (QED) is 0.648. The Morgan fingerprint density at radius 3 is 2.68 bits per heavy atom. The summed E-state index contributed by atoms with van der Waals surface area (Å²) in [7, 11) is -2.03. The van der Waals surface area contributed by atoms with Crippen molar-refractivity contribution in [2.75, 3.05) is 17.1 Å². The molecule has 2 heterocycles. The van der Waals surface area contributed by atoms with Gasteiger partial charge in [-0.3, -0.25) is 4.72 Å². The molecule has 0 unspecified atom stereocenters. The van der Waals surface area contributed by atoms with Gasteiger partial charge in [0.1, 0.15) is 15.8 Å². The highest BCUT2D eigenvalue weighted by molar-refractivity contribution is 7.94. The standard InChI is InChI=1S/C16H14ClN3O3S2/c1-23-14-6-4-11(17)9-13(14)19-15-7-5-12(10-18-15)20-25(21,22)16-3-2-8-24-16/h2-10,20H,1H3,(H,18,19). The van der Waals surface area contributed by atoms with Crippen molar-refractivity contribution in [3.05, 3.63) is 59.1 Å². The molecule has 0 amide bonds. The number of pyridine rings is 1. The predicted octanol–water partition coefficient (Wildman–Crippen LogP) is 4.35. The fraction of sp³-hybridized carbons (Fsp3) is 0.0625.